The third-order valence-corrected chi connectivity index (χ3v) is 4.39. The molecule has 3 rings (SSSR count). The summed E-state index contributed by atoms with van der Waals surface area (Å²) >= 11 is 0. The van der Waals surface area contributed by atoms with E-state index >= 15 is 0 Å². The molecule has 0 amide bonds. The molecule has 0 heterocycles. The normalized spacial score (nSPS) is 18.2. The predicted octanol–water partition coefficient (Wildman–Crippen LogP) is 2.13. The molecule has 3 nitrogen and oxygen atoms in total. The van der Waals surface area contributed by atoms with Crippen molar-refractivity contribution in [3.05, 3.63) is 63.6 Å². The molecule has 1 aromatic carbocycles. The van der Waals surface area contributed by atoms with E-state index in [0.717, 1.165) is 12.0 Å². The van der Waals surface area contributed by atoms with E-state index in [1.807, 2.05) is 24.3 Å². The zero-order valence-electron chi connectivity index (χ0n) is 9.76. The quantitative estimate of drug-likeness (QED) is 0.839. The largest absolute Gasteiger partial charge is 0.234 e. The van der Waals surface area contributed by atoms with E-state index < -0.39 is 10.0 Å². The maximum atomic E-state index is 11.4. The Bertz CT molecular complexity index is 709. The summed E-state index contributed by atoms with van der Waals surface area (Å²) in [5.74, 6) is 0. The van der Waals surface area contributed by atoms with Gasteiger partial charge < -0.3 is 0 Å². The van der Waals surface area contributed by atoms with Gasteiger partial charge >= 0.3 is 0 Å². The second kappa shape index (κ2) is 3.93. The summed E-state index contributed by atoms with van der Waals surface area (Å²) in [6.07, 6.45) is 6.80. The van der Waals surface area contributed by atoms with Gasteiger partial charge in [0.05, 0.1) is 4.91 Å². The van der Waals surface area contributed by atoms with Crippen molar-refractivity contribution in [2.75, 3.05) is 0 Å². The number of benzene rings is 1. The Morgan fingerprint density at radius 1 is 1.00 bits per heavy atom. The minimum atomic E-state index is -3.58. The van der Waals surface area contributed by atoms with Gasteiger partial charge in [-0.3, -0.25) is 0 Å². The molecule has 0 aliphatic heterocycles. The molecule has 0 atom stereocenters. The first-order valence-corrected chi connectivity index (χ1v) is 7.30. The van der Waals surface area contributed by atoms with Crippen LogP contribution in [0.5, 0.6) is 0 Å². The van der Waals surface area contributed by atoms with E-state index in [4.69, 9.17) is 5.14 Å². The molecule has 18 heavy (non-hydrogen) atoms. The van der Waals surface area contributed by atoms with E-state index in [-0.39, 0.29) is 4.91 Å². The van der Waals surface area contributed by atoms with Gasteiger partial charge in [0.1, 0.15) is 0 Å². The minimum Gasteiger partial charge on any atom is -0.225 e. The highest BCUT2D eigenvalue weighted by Crippen LogP contribution is 2.35. The van der Waals surface area contributed by atoms with Crippen LogP contribution in [-0.2, 0) is 16.4 Å². The summed E-state index contributed by atoms with van der Waals surface area (Å²) < 4.78 is 22.7. The lowest BCUT2D eigenvalue weighted by atomic mass is 9.84. The van der Waals surface area contributed by atoms with Crippen LogP contribution in [0.4, 0.5) is 0 Å². The van der Waals surface area contributed by atoms with E-state index in [9.17, 15) is 8.42 Å². The molecule has 0 unspecified atom stereocenters. The second-order valence-corrected chi connectivity index (χ2v) is 6.21. The number of nitrogens with two attached hydrogens (primary N) is 1. The summed E-state index contributed by atoms with van der Waals surface area (Å²) in [4.78, 5) is 0.289. The lowest BCUT2D eigenvalue weighted by Gasteiger charge is -2.23. The van der Waals surface area contributed by atoms with Crippen molar-refractivity contribution < 1.29 is 8.42 Å². The van der Waals surface area contributed by atoms with Gasteiger partial charge in [0.2, 0.25) is 10.0 Å². The summed E-state index contributed by atoms with van der Waals surface area (Å²) in [5, 5.41) is 5.17. The Morgan fingerprint density at radius 2 is 1.78 bits per heavy atom. The number of allylic oxidation sites excluding steroid dienone is 5. The van der Waals surface area contributed by atoms with E-state index in [2.05, 4.69) is 12.1 Å². The minimum absolute atomic E-state index is 0.289. The fourth-order valence-corrected chi connectivity index (χ4v) is 3.02. The molecule has 0 bridgehead atoms. The number of hydrogen-bond donors (Lipinski definition) is 1. The Hall–Kier alpha value is -1.65. The summed E-state index contributed by atoms with van der Waals surface area (Å²) in [7, 11) is -3.58. The van der Waals surface area contributed by atoms with Gasteiger partial charge in [0.25, 0.3) is 0 Å². The van der Waals surface area contributed by atoms with Crippen LogP contribution in [-0.4, -0.2) is 8.42 Å². The number of fused-ring (bicyclic) bond motifs is 2. The first kappa shape index (κ1) is 11.4. The highest BCUT2D eigenvalue weighted by Gasteiger charge is 2.22. The Kier molecular flexibility index (Phi) is 2.50. The Balaban J connectivity index is 2.06. The van der Waals surface area contributed by atoms with Gasteiger partial charge in [-0.1, -0.05) is 36.4 Å². The number of sulfonamides is 1. The molecule has 0 spiro atoms. The molecule has 2 N–H and O–H groups in total. The van der Waals surface area contributed by atoms with Gasteiger partial charge in [0.15, 0.2) is 0 Å². The third kappa shape index (κ3) is 1.94. The zero-order chi connectivity index (χ0) is 12.8. The third-order valence-electron chi connectivity index (χ3n) is 3.38. The lowest BCUT2D eigenvalue weighted by molar-refractivity contribution is 0.602. The number of hydrogen-bond acceptors (Lipinski definition) is 2. The molecule has 0 saturated carbocycles. The average molecular weight is 259 g/mol. The molecule has 0 aromatic heterocycles. The molecule has 0 fully saturated rings. The molecule has 1 aromatic rings. The fraction of sp³-hybridized carbons (Fsp3) is 0.143. The molecular weight excluding hydrogens is 246 g/mol. The van der Waals surface area contributed by atoms with E-state index in [1.165, 1.54) is 16.7 Å². The first-order valence-electron chi connectivity index (χ1n) is 5.75. The fourth-order valence-electron chi connectivity index (χ4n) is 2.40. The van der Waals surface area contributed by atoms with Crippen LogP contribution in [0.25, 0.3) is 6.08 Å². The number of rotatable bonds is 1. The molecule has 0 saturated heterocycles. The van der Waals surface area contributed by atoms with Crippen molar-refractivity contribution in [1.82, 2.24) is 0 Å². The van der Waals surface area contributed by atoms with Crippen molar-refractivity contribution in [2.45, 2.75) is 12.8 Å². The monoisotopic (exact) mass is 259 g/mol. The molecule has 2 aliphatic rings. The van der Waals surface area contributed by atoms with Crippen LogP contribution in [0.3, 0.4) is 0 Å². The van der Waals surface area contributed by atoms with Crippen LogP contribution >= 0.6 is 0 Å². The van der Waals surface area contributed by atoms with Crippen molar-refractivity contribution in [2.24, 2.45) is 5.14 Å². The first-order chi connectivity index (χ1) is 8.54. The molecule has 4 heteroatoms. The van der Waals surface area contributed by atoms with Crippen LogP contribution in [0.1, 0.15) is 17.5 Å². The molecule has 0 radical (unpaired) electrons. The van der Waals surface area contributed by atoms with Gasteiger partial charge in [-0.05, 0) is 34.8 Å². The van der Waals surface area contributed by atoms with Crippen molar-refractivity contribution in [3.63, 3.8) is 0 Å². The summed E-state index contributed by atoms with van der Waals surface area (Å²) in [5.41, 5.74) is 4.68. The highest BCUT2D eigenvalue weighted by molar-refractivity contribution is 7.93. The molecular formula is C14H13NO2S. The van der Waals surface area contributed by atoms with Crippen molar-refractivity contribution in [3.8, 4) is 0 Å². The van der Waals surface area contributed by atoms with Gasteiger partial charge in [-0.15, -0.1) is 0 Å². The lowest BCUT2D eigenvalue weighted by Crippen LogP contribution is -2.18. The average Bonchev–Trinajstić information content (AvgIpc) is 2.34. The molecule has 92 valence electrons. The van der Waals surface area contributed by atoms with Crippen molar-refractivity contribution in [1.29, 1.82) is 0 Å². The summed E-state index contributed by atoms with van der Waals surface area (Å²) in [6, 6.07) is 8.16. The number of primary sulfonamides is 1. The van der Waals surface area contributed by atoms with Crippen LogP contribution in [0.15, 0.2) is 52.5 Å². The summed E-state index contributed by atoms with van der Waals surface area (Å²) in [6.45, 7) is 0. The SMILES string of the molecule is NS(=O)(=O)C1=CC=C2Cc3ccccc3C=C2C1. The maximum absolute atomic E-state index is 11.4. The Morgan fingerprint density at radius 3 is 2.56 bits per heavy atom. The second-order valence-electron chi connectivity index (χ2n) is 4.59. The van der Waals surface area contributed by atoms with Crippen LogP contribution < -0.4 is 5.14 Å². The standard InChI is InChI=1S/C14H13NO2S/c15-18(16,17)14-6-5-12-7-10-3-1-2-4-11(10)8-13(12)9-14/h1-6,8H,7,9H2,(H2,15,16,17). The van der Waals surface area contributed by atoms with Crippen LogP contribution in [0, 0.1) is 0 Å². The zero-order valence-corrected chi connectivity index (χ0v) is 10.6. The topological polar surface area (TPSA) is 60.2 Å². The van der Waals surface area contributed by atoms with Crippen LogP contribution in [0.2, 0.25) is 0 Å². The maximum Gasteiger partial charge on any atom is 0.234 e. The van der Waals surface area contributed by atoms with Gasteiger partial charge in [-0.2, -0.15) is 0 Å². The van der Waals surface area contributed by atoms with Crippen molar-refractivity contribution >= 4 is 16.1 Å². The predicted molar refractivity (Wildman–Crippen MR) is 72.0 cm³/mol. The van der Waals surface area contributed by atoms with Gasteiger partial charge in [0, 0.05) is 6.42 Å². The van der Waals surface area contributed by atoms with Gasteiger partial charge in [-0.25, -0.2) is 13.6 Å². The Labute approximate surface area is 106 Å². The van der Waals surface area contributed by atoms with E-state index in [1.54, 1.807) is 6.08 Å². The smallest absolute Gasteiger partial charge is 0.225 e. The molecule has 2 aliphatic carbocycles. The highest BCUT2D eigenvalue weighted by atomic mass is 32.2. The van der Waals surface area contributed by atoms with E-state index in [0.29, 0.717) is 6.42 Å².